The molecule has 1 aliphatic rings. The predicted molar refractivity (Wildman–Crippen MR) is 84.2 cm³/mol. The van der Waals surface area contributed by atoms with E-state index in [1.165, 1.54) is 0 Å². The van der Waals surface area contributed by atoms with Crippen LogP contribution in [-0.2, 0) is 4.79 Å². The van der Waals surface area contributed by atoms with Crippen molar-refractivity contribution in [1.29, 1.82) is 0 Å². The average molecular weight is 296 g/mol. The maximum absolute atomic E-state index is 12.7. The largest absolute Gasteiger partial charge is 0.320 e. The number of quaternary nitrogens is 1. The fourth-order valence-electron chi connectivity index (χ4n) is 2.87. The Morgan fingerprint density at radius 1 is 1.30 bits per heavy atom. The van der Waals surface area contributed by atoms with E-state index in [1.807, 2.05) is 26.0 Å². The molecule has 0 aliphatic heterocycles. The van der Waals surface area contributed by atoms with Crippen LogP contribution in [0.1, 0.15) is 30.9 Å². The van der Waals surface area contributed by atoms with Gasteiger partial charge in [-0.15, -0.1) is 0 Å². The summed E-state index contributed by atoms with van der Waals surface area (Å²) in [6.45, 7) is 7.04. The summed E-state index contributed by atoms with van der Waals surface area (Å²) in [6.07, 6.45) is 1.93. The van der Waals surface area contributed by atoms with Crippen LogP contribution in [0.3, 0.4) is 0 Å². The first-order valence-corrected chi connectivity index (χ1v) is 7.52. The van der Waals surface area contributed by atoms with E-state index in [-0.39, 0.29) is 11.4 Å². The van der Waals surface area contributed by atoms with Crippen LogP contribution in [0.5, 0.6) is 0 Å². The lowest BCUT2D eigenvalue weighted by Gasteiger charge is -2.36. The molecule has 0 heterocycles. The summed E-state index contributed by atoms with van der Waals surface area (Å²) >= 11 is 6.04. The Bertz CT molecular complexity index is 524. The number of rotatable bonds is 4. The van der Waals surface area contributed by atoms with Crippen molar-refractivity contribution in [2.45, 2.75) is 39.2 Å². The predicted octanol–water partition coefficient (Wildman–Crippen LogP) is 3.52. The van der Waals surface area contributed by atoms with Crippen LogP contribution < -0.4 is 5.32 Å². The maximum Gasteiger partial charge on any atom is 0.285 e. The zero-order valence-electron chi connectivity index (χ0n) is 13.0. The number of nitrogens with zero attached hydrogens (tertiary/aromatic N) is 1. The fraction of sp³-hybridized carbons (Fsp3) is 0.562. The first kappa shape index (κ1) is 15.3. The van der Waals surface area contributed by atoms with Crippen molar-refractivity contribution in [3.8, 4) is 0 Å². The van der Waals surface area contributed by atoms with Gasteiger partial charge in [0.2, 0.25) is 0 Å². The van der Waals surface area contributed by atoms with Gasteiger partial charge in [-0.2, -0.15) is 0 Å². The molecule has 2 rings (SSSR count). The Balaban J connectivity index is 2.26. The number of anilines is 1. The number of halogens is 1. The molecule has 3 nitrogen and oxygen atoms in total. The smallest absolute Gasteiger partial charge is 0.285 e. The van der Waals surface area contributed by atoms with E-state index < -0.39 is 0 Å². The number of hydrogen-bond donors (Lipinski definition) is 1. The summed E-state index contributed by atoms with van der Waals surface area (Å²) in [5, 5.41) is 3.85. The van der Waals surface area contributed by atoms with E-state index in [9.17, 15) is 4.79 Å². The number of carbonyl (C=O) groups is 1. The molecule has 0 unspecified atom stereocenters. The number of hydrogen-bond acceptors (Lipinski definition) is 1. The van der Waals surface area contributed by atoms with E-state index in [1.54, 1.807) is 0 Å². The van der Waals surface area contributed by atoms with Gasteiger partial charge in [0.1, 0.15) is 0 Å². The van der Waals surface area contributed by atoms with Crippen LogP contribution in [0.4, 0.5) is 5.69 Å². The third-order valence-electron chi connectivity index (χ3n) is 4.83. The first-order valence-electron chi connectivity index (χ1n) is 7.15. The summed E-state index contributed by atoms with van der Waals surface area (Å²) < 4.78 is 0.741. The third-order valence-corrected chi connectivity index (χ3v) is 5.05. The Hall–Kier alpha value is -1.06. The van der Waals surface area contributed by atoms with Gasteiger partial charge in [-0.05, 0) is 44.0 Å². The zero-order valence-corrected chi connectivity index (χ0v) is 13.8. The van der Waals surface area contributed by atoms with E-state index in [0.717, 1.165) is 40.7 Å². The van der Waals surface area contributed by atoms with Gasteiger partial charge in [-0.1, -0.05) is 11.6 Å². The highest BCUT2D eigenvalue weighted by atomic mass is 35.5. The Labute approximate surface area is 126 Å². The molecule has 0 atom stereocenters. The van der Waals surface area contributed by atoms with E-state index in [2.05, 4.69) is 26.3 Å². The third kappa shape index (κ3) is 2.45. The lowest BCUT2D eigenvalue weighted by molar-refractivity contribution is -0.914. The topological polar surface area (TPSA) is 29.1 Å². The highest BCUT2D eigenvalue weighted by molar-refractivity contribution is 6.30. The second-order valence-electron chi connectivity index (χ2n) is 6.40. The number of amides is 1. The first-order chi connectivity index (χ1) is 9.23. The zero-order chi connectivity index (χ0) is 15.1. The monoisotopic (exact) mass is 295 g/mol. The van der Waals surface area contributed by atoms with Crippen LogP contribution >= 0.6 is 11.6 Å². The summed E-state index contributed by atoms with van der Waals surface area (Å²) in [6, 6.07) is 3.78. The Morgan fingerprint density at radius 2 is 1.80 bits per heavy atom. The molecule has 1 fully saturated rings. The molecule has 1 aromatic rings. The fourth-order valence-corrected chi connectivity index (χ4v) is 3.19. The molecule has 0 aromatic heterocycles. The van der Waals surface area contributed by atoms with Gasteiger partial charge in [0.25, 0.3) is 5.91 Å². The molecule has 20 heavy (non-hydrogen) atoms. The number of likely N-dealkylation sites (N-methyl/N-ethyl adjacent to an activating group) is 1. The minimum Gasteiger partial charge on any atom is -0.320 e. The number of nitrogens with one attached hydrogen (secondary N) is 1. The molecule has 1 aliphatic carbocycles. The van der Waals surface area contributed by atoms with Crippen molar-refractivity contribution < 1.29 is 9.28 Å². The number of carbonyl (C=O) groups excluding carboxylic acids is 1. The van der Waals surface area contributed by atoms with Crippen LogP contribution in [-0.4, -0.2) is 36.6 Å². The molecule has 0 saturated heterocycles. The van der Waals surface area contributed by atoms with Gasteiger partial charge < -0.3 is 9.80 Å². The maximum atomic E-state index is 12.7. The summed E-state index contributed by atoms with van der Waals surface area (Å²) in [5.41, 5.74) is 2.68. The van der Waals surface area contributed by atoms with Crippen LogP contribution in [0.15, 0.2) is 12.1 Å². The Morgan fingerprint density at radius 3 is 2.20 bits per heavy atom. The van der Waals surface area contributed by atoms with E-state index in [4.69, 9.17) is 11.6 Å². The van der Waals surface area contributed by atoms with Gasteiger partial charge in [0, 0.05) is 23.6 Å². The molecule has 1 amide bonds. The second-order valence-corrected chi connectivity index (χ2v) is 6.84. The van der Waals surface area contributed by atoms with Crippen molar-refractivity contribution in [1.82, 2.24) is 0 Å². The van der Waals surface area contributed by atoms with Gasteiger partial charge in [0.05, 0.1) is 20.6 Å². The van der Waals surface area contributed by atoms with Crippen molar-refractivity contribution >= 4 is 23.2 Å². The van der Waals surface area contributed by atoms with Crippen molar-refractivity contribution in [2.75, 3.05) is 26.0 Å². The standard InChI is InChI=1S/C16H23ClN2O/c1-6-19(4,5)16(7-8-16)15(20)18-14-11(2)9-13(17)10-12(14)3/h9-10H,6-8H2,1-5H3/p+1. The van der Waals surface area contributed by atoms with Crippen LogP contribution in [0.25, 0.3) is 0 Å². The quantitative estimate of drug-likeness (QED) is 0.846. The SMILES string of the molecule is CC[N+](C)(C)C1(C(=O)Nc2c(C)cc(Cl)cc2C)CC1. The highest BCUT2D eigenvalue weighted by Crippen LogP contribution is 2.46. The normalized spacial score (nSPS) is 16.9. The van der Waals surface area contributed by atoms with Crippen molar-refractivity contribution in [2.24, 2.45) is 0 Å². The minimum absolute atomic E-state index is 0.137. The lowest BCUT2D eigenvalue weighted by atomic mass is 10.1. The van der Waals surface area contributed by atoms with Gasteiger partial charge in [0.15, 0.2) is 5.54 Å². The molecular formula is C16H24ClN2O+. The summed E-state index contributed by atoms with van der Waals surface area (Å²) in [7, 11) is 4.27. The van der Waals surface area contributed by atoms with Gasteiger partial charge in [-0.3, -0.25) is 4.79 Å². The molecule has 0 bridgehead atoms. The van der Waals surface area contributed by atoms with Gasteiger partial charge >= 0.3 is 0 Å². The molecule has 1 N–H and O–H groups in total. The number of benzene rings is 1. The molecule has 110 valence electrons. The van der Waals surface area contributed by atoms with Crippen LogP contribution in [0.2, 0.25) is 5.02 Å². The van der Waals surface area contributed by atoms with Crippen molar-refractivity contribution in [3.63, 3.8) is 0 Å². The van der Waals surface area contributed by atoms with E-state index >= 15 is 0 Å². The number of aryl methyl sites for hydroxylation is 2. The molecule has 1 aromatic carbocycles. The minimum atomic E-state index is -0.257. The Kier molecular flexibility index (Phi) is 3.87. The van der Waals surface area contributed by atoms with Gasteiger partial charge in [-0.25, -0.2) is 0 Å². The molecule has 0 spiro atoms. The average Bonchev–Trinajstić information content (AvgIpc) is 3.15. The molecule has 1 saturated carbocycles. The summed E-state index contributed by atoms with van der Waals surface area (Å²) in [5.74, 6) is 0.137. The highest BCUT2D eigenvalue weighted by Gasteiger charge is 2.62. The summed E-state index contributed by atoms with van der Waals surface area (Å²) in [4.78, 5) is 12.7. The molecule has 4 heteroatoms. The van der Waals surface area contributed by atoms with Crippen molar-refractivity contribution in [3.05, 3.63) is 28.3 Å². The van der Waals surface area contributed by atoms with E-state index in [0.29, 0.717) is 5.02 Å². The lowest BCUT2D eigenvalue weighted by Crippen LogP contribution is -2.56. The second kappa shape index (κ2) is 5.05. The molecule has 0 radical (unpaired) electrons. The molecular weight excluding hydrogens is 272 g/mol. The van der Waals surface area contributed by atoms with Crippen LogP contribution in [0, 0.1) is 13.8 Å².